The van der Waals surface area contributed by atoms with Gasteiger partial charge in [-0.3, -0.25) is 0 Å². The second kappa shape index (κ2) is 4.63. The Bertz CT molecular complexity index is 475. The number of nitrogen functional groups attached to an aromatic ring is 1. The molecule has 1 aromatic heterocycles. The molecule has 10 heteroatoms. The average Bonchev–Trinajstić information content (AvgIpc) is 2.17. The van der Waals surface area contributed by atoms with Crippen molar-refractivity contribution in [2.75, 3.05) is 5.73 Å². The van der Waals surface area contributed by atoms with Crippen molar-refractivity contribution in [3.63, 3.8) is 0 Å². The lowest BCUT2D eigenvalue weighted by molar-refractivity contribution is -0.274. The highest BCUT2D eigenvalue weighted by molar-refractivity contribution is 5.88. The first kappa shape index (κ1) is 13.9. The lowest BCUT2D eigenvalue weighted by atomic mass is 10.2. The van der Waals surface area contributed by atoms with Crippen LogP contribution >= 0.6 is 0 Å². The van der Waals surface area contributed by atoms with E-state index in [0.29, 0.717) is 0 Å². The highest BCUT2D eigenvalue weighted by Gasteiger charge is 2.33. The number of ether oxygens (including phenoxy) is 1. The van der Waals surface area contributed by atoms with Gasteiger partial charge >= 0.3 is 12.3 Å². The van der Waals surface area contributed by atoms with Crippen molar-refractivity contribution in [2.45, 2.75) is 12.8 Å². The SMILES string of the molecule is Nc1nc(C(=O)O)c(C(F)F)cc1OC(F)(F)F. The Morgan fingerprint density at radius 2 is 2.00 bits per heavy atom. The molecular weight excluding hydrogens is 267 g/mol. The molecule has 0 atom stereocenters. The van der Waals surface area contributed by atoms with Crippen molar-refractivity contribution in [3.05, 3.63) is 17.3 Å². The van der Waals surface area contributed by atoms with Gasteiger partial charge in [-0.05, 0) is 6.07 Å². The second-order valence-corrected chi connectivity index (χ2v) is 2.96. The topological polar surface area (TPSA) is 85.4 Å². The van der Waals surface area contributed by atoms with E-state index in [0.717, 1.165) is 0 Å². The van der Waals surface area contributed by atoms with Gasteiger partial charge in [0, 0.05) is 0 Å². The Balaban J connectivity index is 3.32. The fraction of sp³-hybridized carbons (Fsp3) is 0.250. The van der Waals surface area contributed by atoms with Crippen LogP contribution in [0, 0.1) is 0 Å². The van der Waals surface area contributed by atoms with Crippen LogP contribution in [0.25, 0.3) is 0 Å². The van der Waals surface area contributed by atoms with Gasteiger partial charge in [0.25, 0.3) is 6.43 Å². The highest BCUT2D eigenvalue weighted by Crippen LogP contribution is 2.32. The van der Waals surface area contributed by atoms with Gasteiger partial charge in [0.2, 0.25) is 0 Å². The van der Waals surface area contributed by atoms with Crippen molar-refractivity contribution in [1.82, 2.24) is 4.98 Å². The molecule has 0 spiro atoms. The minimum Gasteiger partial charge on any atom is -0.476 e. The van der Waals surface area contributed by atoms with Crippen LogP contribution in [0.3, 0.4) is 0 Å². The van der Waals surface area contributed by atoms with E-state index in [9.17, 15) is 26.7 Å². The molecule has 0 bridgehead atoms. The van der Waals surface area contributed by atoms with Crippen molar-refractivity contribution < 1.29 is 36.6 Å². The quantitative estimate of drug-likeness (QED) is 0.824. The number of anilines is 1. The molecule has 100 valence electrons. The van der Waals surface area contributed by atoms with Crippen molar-refractivity contribution in [2.24, 2.45) is 0 Å². The molecule has 5 nitrogen and oxygen atoms in total. The second-order valence-electron chi connectivity index (χ2n) is 2.96. The van der Waals surface area contributed by atoms with Crippen molar-refractivity contribution in [3.8, 4) is 5.75 Å². The molecule has 0 fully saturated rings. The minimum atomic E-state index is -5.15. The summed E-state index contributed by atoms with van der Waals surface area (Å²) in [5, 5.41) is 8.55. The van der Waals surface area contributed by atoms with Gasteiger partial charge in [0.15, 0.2) is 17.3 Å². The molecule has 0 aliphatic rings. The molecular formula is C8H5F5N2O3. The molecule has 0 aliphatic carbocycles. The molecule has 0 saturated carbocycles. The van der Waals surface area contributed by atoms with Gasteiger partial charge in [0.05, 0.1) is 5.56 Å². The smallest absolute Gasteiger partial charge is 0.476 e. The summed E-state index contributed by atoms with van der Waals surface area (Å²) in [6, 6.07) is 0.198. The maximum atomic E-state index is 12.5. The Morgan fingerprint density at radius 3 is 2.39 bits per heavy atom. The van der Waals surface area contributed by atoms with Crippen LogP contribution in [-0.4, -0.2) is 22.4 Å². The van der Waals surface area contributed by atoms with E-state index in [1.807, 2.05) is 0 Å². The highest BCUT2D eigenvalue weighted by atomic mass is 19.4. The normalized spacial score (nSPS) is 11.7. The number of halogens is 5. The zero-order valence-corrected chi connectivity index (χ0v) is 8.33. The first-order valence-corrected chi connectivity index (χ1v) is 4.19. The Kier molecular flexibility index (Phi) is 3.58. The van der Waals surface area contributed by atoms with E-state index in [1.54, 1.807) is 0 Å². The number of aromatic nitrogens is 1. The third-order valence-electron chi connectivity index (χ3n) is 1.71. The van der Waals surface area contributed by atoms with Gasteiger partial charge in [-0.2, -0.15) is 0 Å². The third kappa shape index (κ3) is 3.18. The number of nitrogens with two attached hydrogens (primary N) is 1. The maximum Gasteiger partial charge on any atom is 0.573 e. The van der Waals surface area contributed by atoms with Crippen LogP contribution in [0.15, 0.2) is 6.07 Å². The molecule has 1 rings (SSSR count). The fourth-order valence-electron chi connectivity index (χ4n) is 1.07. The molecule has 0 amide bonds. The van der Waals surface area contributed by atoms with Crippen LogP contribution in [0.5, 0.6) is 5.75 Å². The average molecular weight is 272 g/mol. The summed E-state index contributed by atoms with van der Waals surface area (Å²) in [6.07, 6.45) is -8.49. The van der Waals surface area contributed by atoms with E-state index in [4.69, 9.17) is 10.8 Å². The van der Waals surface area contributed by atoms with E-state index >= 15 is 0 Å². The van der Waals surface area contributed by atoms with Crippen molar-refractivity contribution in [1.29, 1.82) is 0 Å². The predicted molar refractivity (Wildman–Crippen MR) is 47.2 cm³/mol. The van der Waals surface area contributed by atoms with E-state index < -0.39 is 41.6 Å². The van der Waals surface area contributed by atoms with E-state index in [-0.39, 0.29) is 6.07 Å². The summed E-state index contributed by atoms with van der Waals surface area (Å²) in [6.45, 7) is 0. The monoisotopic (exact) mass is 272 g/mol. The van der Waals surface area contributed by atoms with Crippen LogP contribution in [-0.2, 0) is 0 Å². The predicted octanol–water partition coefficient (Wildman–Crippen LogP) is 2.20. The standard InChI is InChI=1S/C8H5F5N2O3/c9-5(10)2-1-3(18-8(11,12)13)6(14)15-4(2)7(16)17/h1,5H,(H2,14,15)(H,16,17). The molecule has 0 aromatic carbocycles. The first-order valence-electron chi connectivity index (χ1n) is 4.19. The summed E-state index contributed by atoms with van der Waals surface area (Å²) in [4.78, 5) is 13.5. The summed E-state index contributed by atoms with van der Waals surface area (Å²) in [5.74, 6) is -3.97. The number of hydrogen-bond acceptors (Lipinski definition) is 4. The Labute approximate surface area is 96.0 Å². The maximum absolute atomic E-state index is 12.5. The van der Waals surface area contributed by atoms with Crippen LogP contribution in [0.2, 0.25) is 0 Å². The van der Waals surface area contributed by atoms with Gasteiger partial charge in [0.1, 0.15) is 0 Å². The third-order valence-corrected chi connectivity index (χ3v) is 1.71. The number of aromatic carboxylic acids is 1. The number of alkyl halides is 5. The Morgan fingerprint density at radius 1 is 1.44 bits per heavy atom. The van der Waals surface area contributed by atoms with Gasteiger partial charge in [-0.25, -0.2) is 18.6 Å². The largest absolute Gasteiger partial charge is 0.573 e. The molecule has 1 heterocycles. The fourth-order valence-corrected chi connectivity index (χ4v) is 1.07. The zero-order valence-electron chi connectivity index (χ0n) is 8.33. The lowest BCUT2D eigenvalue weighted by Gasteiger charge is -2.13. The van der Waals surface area contributed by atoms with Crippen LogP contribution in [0.1, 0.15) is 22.5 Å². The zero-order chi connectivity index (χ0) is 14.1. The molecule has 18 heavy (non-hydrogen) atoms. The van der Waals surface area contributed by atoms with Crippen LogP contribution in [0.4, 0.5) is 27.8 Å². The summed E-state index contributed by atoms with van der Waals surface area (Å²) >= 11 is 0. The minimum absolute atomic E-state index is 0.198. The van der Waals surface area contributed by atoms with E-state index in [2.05, 4.69) is 9.72 Å². The number of carboxylic acid groups (broad SMARTS) is 1. The molecule has 0 radical (unpaired) electrons. The number of carbonyl (C=O) groups is 1. The number of hydrogen-bond donors (Lipinski definition) is 2. The molecule has 0 saturated heterocycles. The molecule has 1 aromatic rings. The van der Waals surface area contributed by atoms with Crippen LogP contribution < -0.4 is 10.5 Å². The molecule has 0 unspecified atom stereocenters. The number of nitrogens with zero attached hydrogens (tertiary/aromatic N) is 1. The molecule has 0 aliphatic heterocycles. The van der Waals surface area contributed by atoms with E-state index in [1.165, 1.54) is 0 Å². The summed E-state index contributed by atoms with van der Waals surface area (Å²) in [5.41, 5.74) is 2.65. The summed E-state index contributed by atoms with van der Waals surface area (Å²) < 4.78 is 64.0. The lowest BCUT2D eigenvalue weighted by Crippen LogP contribution is -2.19. The number of rotatable bonds is 3. The first-order chi connectivity index (χ1) is 8.11. The van der Waals surface area contributed by atoms with Gasteiger partial charge < -0.3 is 15.6 Å². The number of carboxylic acids is 1. The Hall–Kier alpha value is -2.13. The summed E-state index contributed by atoms with van der Waals surface area (Å²) in [7, 11) is 0. The number of pyridine rings is 1. The molecule has 3 N–H and O–H groups in total. The van der Waals surface area contributed by atoms with Gasteiger partial charge in [-0.15, -0.1) is 13.2 Å². The van der Waals surface area contributed by atoms with Gasteiger partial charge in [-0.1, -0.05) is 0 Å². The van der Waals surface area contributed by atoms with Crippen molar-refractivity contribution >= 4 is 11.8 Å².